The number of aromatic nitrogens is 4. The molecule has 1 aromatic carbocycles. The van der Waals surface area contributed by atoms with Gasteiger partial charge in [-0.25, -0.2) is 24.1 Å². The Kier molecular flexibility index (Phi) is 12.9. The third kappa shape index (κ3) is 9.34. The molecule has 3 aromatic rings. The maximum Gasteiger partial charge on any atom is 0.333 e. The van der Waals surface area contributed by atoms with Crippen molar-refractivity contribution in [2.45, 2.75) is 51.7 Å². The number of hydrogen-bond acceptors (Lipinski definition) is 11. The zero-order chi connectivity index (χ0) is 32.2. The molecule has 16 heteroatoms. The van der Waals surface area contributed by atoms with Gasteiger partial charge in [0.05, 0.1) is 62.7 Å². The van der Waals surface area contributed by atoms with Crippen LogP contribution in [0.4, 0.5) is 15.1 Å². The molecule has 244 valence electrons. The van der Waals surface area contributed by atoms with Gasteiger partial charge in [0.2, 0.25) is 5.95 Å². The number of carbonyl (C=O) groups excluding carboxylic acids is 1. The van der Waals surface area contributed by atoms with E-state index in [2.05, 4.69) is 30.6 Å². The number of rotatable bonds is 17. The standard InChI is InChI=1S/C29H39FN7O7P/c1-5-32-28(38)37-27-35-21-16-20(24(30)23(25(21)36-27)22-8-6-10-41-22)19-17-33-26(34-18-19)29(2,3)44-45(42-11-7-9-31)43-15-14-40-13-12-39-4/h16-18,22H,5-8,10-15H2,1-4H3,(H3,32,35,36,37,38). The van der Waals surface area contributed by atoms with Gasteiger partial charge < -0.3 is 33.6 Å². The first kappa shape index (κ1) is 34.5. The Hall–Kier alpha value is -3.35. The van der Waals surface area contributed by atoms with Crippen molar-refractivity contribution in [2.75, 3.05) is 58.6 Å². The van der Waals surface area contributed by atoms with Crippen LogP contribution in [0.3, 0.4) is 0 Å². The average Bonchev–Trinajstić information content (AvgIpc) is 3.69. The highest BCUT2D eigenvalue weighted by Gasteiger charge is 2.32. The molecule has 3 N–H and O–H groups in total. The fraction of sp³-hybridized carbons (Fsp3) is 0.552. The molecule has 2 unspecified atom stereocenters. The van der Waals surface area contributed by atoms with Crippen molar-refractivity contribution >= 4 is 31.6 Å². The van der Waals surface area contributed by atoms with Crippen LogP contribution >= 0.6 is 8.60 Å². The average molecular weight is 648 g/mol. The minimum atomic E-state index is -1.86. The number of anilines is 1. The van der Waals surface area contributed by atoms with Crippen LogP contribution in [0.2, 0.25) is 0 Å². The van der Waals surface area contributed by atoms with Crippen LogP contribution < -0.4 is 10.6 Å². The third-order valence-corrected chi connectivity index (χ3v) is 8.03. The molecule has 1 aliphatic heterocycles. The van der Waals surface area contributed by atoms with Crippen molar-refractivity contribution in [2.24, 2.45) is 0 Å². The summed E-state index contributed by atoms with van der Waals surface area (Å²) in [5, 5.41) is 14.2. The van der Waals surface area contributed by atoms with E-state index in [1.54, 1.807) is 33.9 Å². The summed E-state index contributed by atoms with van der Waals surface area (Å²) in [4.78, 5) is 28.6. The summed E-state index contributed by atoms with van der Waals surface area (Å²) >= 11 is 0. The molecule has 2 atom stereocenters. The van der Waals surface area contributed by atoms with Crippen LogP contribution in [-0.2, 0) is 33.4 Å². The largest absolute Gasteiger partial charge is 0.382 e. The number of benzene rings is 1. The van der Waals surface area contributed by atoms with E-state index in [-0.39, 0.29) is 31.1 Å². The number of aromatic amines is 1. The lowest BCUT2D eigenvalue weighted by atomic mass is 9.98. The van der Waals surface area contributed by atoms with Crippen LogP contribution in [0.1, 0.15) is 57.5 Å². The molecule has 0 saturated carbocycles. The molecule has 3 heterocycles. The number of H-pyrrole nitrogens is 1. The number of carbonyl (C=O) groups is 1. The minimum absolute atomic E-state index is 0.130. The number of nitrogens with zero attached hydrogens (tertiary/aromatic N) is 4. The van der Waals surface area contributed by atoms with Gasteiger partial charge in [-0.05, 0) is 39.7 Å². The Morgan fingerprint density at radius 3 is 2.67 bits per heavy atom. The molecule has 0 aliphatic carbocycles. The summed E-state index contributed by atoms with van der Waals surface area (Å²) in [5.74, 6) is 0.0146. The molecular formula is C29H39FN7O7P. The Labute approximate surface area is 262 Å². The molecule has 0 bridgehead atoms. The van der Waals surface area contributed by atoms with Crippen LogP contribution in [0, 0.1) is 17.1 Å². The molecule has 4 rings (SSSR count). The summed E-state index contributed by atoms with van der Waals surface area (Å²) in [6.07, 6.45) is 4.17. The van der Waals surface area contributed by atoms with Crippen molar-refractivity contribution in [1.82, 2.24) is 25.3 Å². The second kappa shape index (κ2) is 16.8. The second-order valence-corrected chi connectivity index (χ2v) is 11.6. The third-order valence-electron chi connectivity index (χ3n) is 6.64. The molecule has 1 aliphatic rings. The molecule has 14 nitrogen and oxygen atoms in total. The Bertz CT molecular complexity index is 1450. The lowest BCUT2D eigenvalue weighted by molar-refractivity contribution is 0.0277. The minimum Gasteiger partial charge on any atom is -0.382 e. The highest BCUT2D eigenvalue weighted by atomic mass is 31.2. The Morgan fingerprint density at radius 1 is 1.22 bits per heavy atom. The van der Waals surface area contributed by atoms with Crippen molar-refractivity contribution in [1.29, 1.82) is 5.26 Å². The lowest BCUT2D eigenvalue weighted by Crippen LogP contribution is -2.28. The Morgan fingerprint density at radius 2 is 1.98 bits per heavy atom. The zero-order valence-electron chi connectivity index (χ0n) is 25.9. The van der Waals surface area contributed by atoms with Gasteiger partial charge in [0, 0.05) is 49.3 Å². The van der Waals surface area contributed by atoms with Gasteiger partial charge in [-0.3, -0.25) is 9.84 Å². The van der Waals surface area contributed by atoms with Crippen molar-refractivity contribution < 1.29 is 37.0 Å². The van der Waals surface area contributed by atoms with Gasteiger partial charge in [-0.1, -0.05) is 0 Å². The van der Waals surface area contributed by atoms with Crippen LogP contribution in [0.5, 0.6) is 0 Å². The fourth-order valence-electron chi connectivity index (χ4n) is 4.51. The highest BCUT2D eigenvalue weighted by molar-refractivity contribution is 7.41. The fourth-order valence-corrected chi connectivity index (χ4v) is 5.61. The highest BCUT2D eigenvalue weighted by Crippen LogP contribution is 2.46. The van der Waals surface area contributed by atoms with E-state index in [0.717, 1.165) is 6.42 Å². The van der Waals surface area contributed by atoms with Crippen molar-refractivity contribution in [3.05, 3.63) is 35.7 Å². The lowest BCUT2D eigenvalue weighted by Gasteiger charge is -2.27. The van der Waals surface area contributed by atoms with Crippen LogP contribution in [0.25, 0.3) is 22.2 Å². The number of urea groups is 1. The quantitative estimate of drug-likeness (QED) is 0.129. The second-order valence-electron chi connectivity index (χ2n) is 10.4. The number of halogens is 1. The molecule has 1 fully saturated rings. The molecule has 0 spiro atoms. The zero-order valence-corrected chi connectivity index (χ0v) is 26.7. The van der Waals surface area contributed by atoms with Crippen LogP contribution in [0.15, 0.2) is 18.5 Å². The first-order valence-corrected chi connectivity index (χ1v) is 15.8. The predicted molar refractivity (Wildman–Crippen MR) is 164 cm³/mol. The molecular weight excluding hydrogens is 608 g/mol. The molecule has 2 aromatic heterocycles. The molecule has 2 amide bonds. The van der Waals surface area contributed by atoms with Gasteiger partial charge in [0.1, 0.15) is 11.4 Å². The maximum absolute atomic E-state index is 16.2. The first-order chi connectivity index (χ1) is 21.8. The number of methoxy groups -OCH3 is 1. The Balaban J connectivity index is 1.55. The van der Waals surface area contributed by atoms with Gasteiger partial charge in [0.15, 0.2) is 5.82 Å². The summed E-state index contributed by atoms with van der Waals surface area (Å²) in [6, 6.07) is 3.22. The van der Waals surface area contributed by atoms with Crippen molar-refractivity contribution in [3.8, 4) is 17.2 Å². The van der Waals surface area contributed by atoms with E-state index in [1.165, 1.54) is 12.4 Å². The summed E-state index contributed by atoms with van der Waals surface area (Å²) < 4.78 is 50.0. The maximum atomic E-state index is 16.2. The van der Waals surface area contributed by atoms with E-state index in [0.29, 0.717) is 67.4 Å². The monoisotopic (exact) mass is 647 g/mol. The summed E-state index contributed by atoms with van der Waals surface area (Å²) in [6.45, 7) is 7.83. The van der Waals surface area contributed by atoms with E-state index in [1.807, 2.05) is 6.07 Å². The first-order valence-electron chi connectivity index (χ1n) is 14.7. The molecule has 0 radical (unpaired) electrons. The van der Waals surface area contributed by atoms with E-state index < -0.39 is 32.2 Å². The summed E-state index contributed by atoms with van der Waals surface area (Å²) in [7, 11) is -0.271. The summed E-state index contributed by atoms with van der Waals surface area (Å²) in [5.41, 5.74) is 0.859. The number of nitriles is 1. The number of hydrogen-bond donors (Lipinski definition) is 3. The van der Waals surface area contributed by atoms with E-state index in [4.69, 9.17) is 33.0 Å². The number of amides is 2. The van der Waals surface area contributed by atoms with Gasteiger partial charge in [0.25, 0.3) is 0 Å². The number of nitrogens with one attached hydrogen (secondary N) is 3. The normalized spacial score (nSPS) is 15.7. The van der Waals surface area contributed by atoms with Gasteiger partial charge in [-0.15, -0.1) is 0 Å². The van der Waals surface area contributed by atoms with E-state index >= 15 is 4.39 Å². The molecule has 45 heavy (non-hydrogen) atoms. The van der Waals surface area contributed by atoms with Crippen molar-refractivity contribution in [3.63, 3.8) is 0 Å². The van der Waals surface area contributed by atoms with E-state index in [9.17, 15) is 4.79 Å². The van der Waals surface area contributed by atoms with Gasteiger partial charge >= 0.3 is 14.6 Å². The smallest absolute Gasteiger partial charge is 0.333 e. The number of fused-ring (bicyclic) bond motifs is 1. The SMILES string of the molecule is CCNC(=O)Nc1nc2c(C3CCCO3)c(F)c(-c3cnc(C(C)(C)OP(OCCC#N)OCCOCCOC)nc3)cc2[nH]1. The predicted octanol–water partition coefficient (Wildman–Crippen LogP) is 5.24. The topological polar surface area (TPSA) is 175 Å². The number of ether oxygens (including phenoxy) is 3. The van der Waals surface area contributed by atoms with Gasteiger partial charge in [-0.2, -0.15) is 5.26 Å². The molecule has 1 saturated heterocycles. The van der Waals surface area contributed by atoms with Crippen LogP contribution in [-0.4, -0.2) is 79.3 Å². The number of imidazole rings is 1.